The highest BCUT2D eigenvalue weighted by Gasteiger charge is 2.39. The maximum Gasteiger partial charge on any atom is 0.325 e. The molecule has 1 atom stereocenters. The molecule has 0 radical (unpaired) electrons. The summed E-state index contributed by atoms with van der Waals surface area (Å²) in [5.74, 6) is -0.102. The van der Waals surface area contributed by atoms with Crippen LogP contribution < -0.4 is 0 Å². The second kappa shape index (κ2) is 8.29. The van der Waals surface area contributed by atoms with E-state index >= 15 is 0 Å². The van der Waals surface area contributed by atoms with Gasteiger partial charge in [-0.2, -0.15) is 4.31 Å². The fourth-order valence-corrected chi connectivity index (χ4v) is 4.68. The Morgan fingerprint density at radius 2 is 1.92 bits per heavy atom. The zero-order valence-electron chi connectivity index (χ0n) is 15.4. The summed E-state index contributed by atoms with van der Waals surface area (Å²) in [6.45, 7) is 7.86. The van der Waals surface area contributed by atoms with Crippen molar-refractivity contribution in [1.82, 2.24) is 9.21 Å². The lowest BCUT2D eigenvalue weighted by Crippen LogP contribution is -2.48. The lowest BCUT2D eigenvalue weighted by atomic mass is 10.1. The number of benzene rings is 1. The van der Waals surface area contributed by atoms with Crippen molar-refractivity contribution in [2.45, 2.75) is 33.4 Å². The number of rotatable bonds is 5. The van der Waals surface area contributed by atoms with Crippen LogP contribution in [0.4, 0.5) is 0 Å². The van der Waals surface area contributed by atoms with Crippen molar-refractivity contribution in [1.29, 1.82) is 0 Å². The highest BCUT2D eigenvalue weighted by atomic mass is 32.2. The van der Waals surface area contributed by atoms with Gasteiger partial charge in [0.2, 0.25) is 10.0 Å². The largest absolute Gasteiger partial charge is 0.468 e. The third kappa shape index (κ3) is 5.26. The van der Waals surface area contributed by atoms with Crippen molar-refractivity contribution in [3.05, 3.63) is 35.4 Å². The average molecular weight is 368 g/mol. The molecule has 0 aliphatic carbocycles. The van der Waals surface area contributed by atoms with E-state index in [1.54, 1.807) is 0 Å². The van der Waals surface area contributed by atoms with E-state index in [9.17, 15) is 13.2 Å². The molecule has 1 unspecified atom stereocenters. The topological polar surface area (TPSA) is 66.9 Å². The van der Waals surface area contributed by atoms with Gasteiger partial charge in [-0.3, -0.25) is 9.69 Å². The molecule has 1 saturated heterocycles. The molecule has 0 amide bonds. The molecule has 0 aromatic heterocycles. The fraction of sp³-hybridized carbons (Fsp3) is 0.611. The summed E-state index contributed by atoms with van der Waals surface area (Å²) in [5.41, 5.74) is 1.97. The van der Waals surface area contributed by atoms with Crippen LogP contribution in [0.25, 0.3) is 0 Å². The molecule has 1 aromatic rings. The second-order valence-electron chi connectivity index (χ2n) is 7.04. The number of esters is 1. The zero-order valence-corrected chi connectivity index (χ0v) is 16.3. The predicted molar refractivity (Wildman–Crippen MR) is 97.6 cm³/mol. The van der Waals surface area contributed by atoms with Crippen LogP contribution in [0.5, 0.6) is 0 Å². The average Bonchev–Trinajstić information content (AvgIpc) is 2.66. The molecule has 1 aromatic carbocycles. The minimum absolute atomic E-state index is 0.0130. The van der Waals surface area contributed by atoms with E-state index in [1.807, 2.05) is 36.1 Å². The summed E-state index contributed by atoms with van der Waals surface area (Å²) in [6, 6.07) is 6.86. The van der Waals surface area contributed by atoms with Gasteiger partial charge >= 0.3 is 5.97 Å². The van der Waals surface area contributed by atoms with Gasteiger partial charge in [0.15, 0.2) is 0 Å². The van der Waals surface area contributed by atoms with E-state index in [1.165, 1.54) is 11.4 Å². The molecule has 2 rings (SSSR count). The van der Waals surface area contributed by atoms with E-state index in [0.29, 0.717) is 19.0 Å². The van der Waals surface area contributed by atoms with E-state index in [0.717, 1.165) is 17.7 Å². The third-order valence-electron chi connectivity index (χ3n) is 4.36. The number of ether oxygens (including phenoxy) is 1. The van der Waals surface area contributed by atoms with Crippen molar-refractivity contribution in [2.24, 2.45) is 5.92 Å². The molecule has 25 heavy (non-hydrogen) atoms. The smallest absolute Gasteiger partial charge is 0.325 e. The van der Waals surface area contributed by atoms with Gasteiger partial charge in [0, 0.05) is 26.2 Å². The highest BCUT2D eigenvalue weighted by Crippen LogP contribution is 2.20. The standard InChI is InChI=1S/C18H28N2O4S/c1-14(2)11-19-9-10-25(22,23)20(17(13-19)18(21)24-4)12-16-7-5-15(3)6-8-16/h5-8,14,17H,9-13H2,1-4H3. The number of carbonyl (C=O) groups excluding carboxylic acids is 1. The molecule has 6 nitrogen and oxygen atoms in total. The molecule has 1 aliphatic heterocycles. The minimum atomic E-state index is -3.55. The molecule has 0 N–H and O–H groups in total. The Kier molecular flexibility index (Phi) is 6.59. The molecule has 0 saturated carbocycles. The van der Waals surface area contributed by atoms with Gasteiger partial charge in [0.25, 0.3) is 0 Å². The van der Waals surface area contributed by atoms with Crippen LogP contribution in [-0.2, 0) is 26.1 Å². The Morgan fingerprint density at radius 1 is 1.28 bits per heavy atom. The van der Waals surface area contributed by atoms with E-state index < -0.39 is 22.0 Å². The fourth-order valence-electron chi connectivity index (χ4n) is 3.07. The Hall–Kier alpha value is -1.44. The third-order valence-corrected chi connectivity index (χ3v) is 6.15. The lowest BCUT2D eigenvalue weighted by molar-refractivity contribution is -0.145. The normalized spacial score (nSPS) is 21.9. The molecule has 1 aliphatic rings. The van der Waals surface area contributed by atoms with Crippen LogP contribution >= 0.6 is 0 Å². The second-order valence-corrected chi connectivity index (χ2v) is 9.08. The van der Waals surface area contributed by atoms with Crippen LogP contribution in [0.15, 0.2) is 24.3 Å². The molecule has 1 heterocycles. The summed E-state index contributed by atoms with van der Waals surface area (Å²) in [6.07, 6.45) is 0. The molecule has 1 fully saturated rings. The number of hydrogen-bond acceptors (Lipinski definition) is 5. The van der Waals surface area contributed by atoms with Crippen molar-refractivity contribution >= 4 is 16.0 Å². The lowest BCUT2D eigenvalue weighted by Gasteiger charge is -2.29. The van der Waals surface area contributed by atoms with E-state index in [2.05, 4.69) is 13.8 Å². The summed E-state index contributed by atoms with van der Waals surface area (Å²) in [4.78, 5) is 14.4. The number of nitrogens with zero attached hydrogens (tertiary/aromatic N) is 2. The summed E-state index contributed by atoms with van der Waals surface area (Å²) in [7, 11) is -2.25. The first-order valence-electron chi connectivity index (χ1n) is 8.58. The van der Waals surface area contributed by atoms with Crippen molar-refractivity contribution in [2.75, 3.05) is 32.5 Å². The van der Waals surface area contributed by atoms with Gasteiger partial charge in [-0.1, -0.05) is 43.7 Å². The van der Waals surface area contributed by atoms with Crippen LogP contribution in [0.2, 0.25) is 0 Å². The van der Waals surface area contributed by atoms with Gasteiger partial charge in [0.05, 0.1) is 12.9 Å². The van der Waals surface area contributed by atoms with Crippen LogP contribution in [0, 0.1) is 12.8 Å². The SMILES string of the molecule is COC(=O)C1CN(CC(C)C)CCS(=O)(=O)N1Cc1ccc(C)cc1. The maximum absolute atomic E-state index is 12.8. The summed E-state index contributed by atoms with van der Waals surface area (Å²) < 4.78 is 31.9. The number of methoxy groups -OCH3 is 1. The molecule has 7 heteroatoms. The molecular weight excluding hydrogens is 340 g/mol. The van der Waals surface area contributed by atoms with Crippen LogP contribution in [0.3, 0.4) is 0 Å². The van der Waals surface area contributed by atoms with Crippen molar-refractivity contribution in [3.63, 3.8) is 0 Å². The quantitative estimate of drug-likeness (QED) is 0.739. The number of sulfonamides is 1. The highest BCUT2D eigenvalue weighted by molar-refractivity contribution is 7.89. The molecule has 140 valence electrons. The van der Waals surface area contributed by atoms with Crippen molar-refractivity contribution < 1.29 is 17.9 Å². The molecule has 0 spiro atoms. The predicted octanol–water partition coefficient (Wildman–Crippen LogP) is 1.64. The first-order valence-corrected chi connectivity index (χ1v) is 10.2. The number of aryl methyl sites for hydroxylation is 1. The Labute approximate surface area is 150 Å². The summed E-state index contributed by atoms with van der Waals surface area (Å²) in [5, 5.41) is 0. The monoisotopic (exact) mass is 368 g/mol. The van der Waals surface area contributed by atoms with Crippen LogP contribution in [0.1, 0.15) is 25.0 Å². The first-order chi connectivity index (χ1) is 11.7. The number of hydrogen-bond donors (Lipinski definition) is 0. The minimum Gasteiger partial charge on any atom is -0.468 e. The van der Waals surface area contributed by atoms with Gasteiger partial charge in [-0.15, -0.1) is 0 Å². The molecular formula is C18H28N2O4S. The van der Waals surface area contributed by atoms with Gasteiger partial charge in [-0.25, -0.2) is 8.42 Å². The van der Waals surface area contributed by atoms with Crippen LogP contribution in [-0.4, -0.2) is 62.1 Å². The summed E-state index contributed by atoms with van der Waals surface area (Å²) >= 11 is 0. The van der Waals surface area contributed by atoms with E-state index in [4.69, 9.17) is 4.74 Å². The number of carbonyl (C=O) groups is 1. The van der Waals surface area contributed by atoms with Crippen molar-refractivity contribution in [3.8, 4) is 0 Å². The zero-order chi connectivity index (χ0) is 18.6. The first kappa shape index (κ1) is 19.9. The van der Waals surface area contributed by atoms with Gasteiger partial charge in [0.1, 0.15) is 6.04 Å². The van der Waals surface area contributed by atoms with Gasteiger partial charge < -0.3 is 4.74 Å². The Bertz CT molecular complexity index is 686. The Morgan fingerprint density at radius 3 is 2.48 bits per heavy atom. The maximum atomic E-state index is 12.8. The van der Waals surface area contributed by atoms with Gasteiger partial charge in [-0.05, 0) is 18.4 Å². The molecule has 0 bridgehead atoms. The van der Waals surface area contributed by atoms with E-state index in [-0.39, 0.29) is 12.3 Å². The Balaban J connectivity index is 2.33.